The number of hydrogen-bond donors (Lipinski definition) is 2. The Kier molecular flexibility index (Phi) is 8.87. The molecule has 1 atom stereocenters. The molecule has 0 radical (unpaired) electrons. The average Bonchev–Trinajstić information content (AvgIpc) is 3.24. The summed E-state index contributed by atoms with van der Waals surface area (Å²) >= 11 is 1.34. The highest BCUT2D eigenvalue weighted by atomic mass is 32.2. The highest BCUT2D eigenvalue weighted by Gasteiger charge is 2.26. The number of benzene rings is 2. The van der Waals surface area contributed by atoms with Gasteiger partial charge in [0.05, 0.1) is 11.8 Å². The van der Waals surface area contributed by atoms with E-state index in [4.69, 9.17) is 0 Å². The third kappa shape index (κ3) is 6.26. The Morgan fingerprint density at radius 1 is 1.03 bits per heavy atom. The minimum absolute atomic E-state index is 0.102. The second kappa shape index (κ2) is 11.8. The number of anilines is 1. The topological polar surface area (TPSA) is 88.9 Å². The minimum Gasteiger partial charge on any atom is -0.342 e. The van der Waals surface area contributed by atoms with Crippen LogP contribution in [-0.4, -0.2) is 32.3 Å². The van der Waals surface area contributed by atoms with Crippen LogP contribution in [0.2, 0.25) is 0 Å². The molecular formula is C26H33N5O2S. The van der Waals surface area contributed by atoms with E-state index >= 15 is 0 Å². The van der Waals surface area contributed by atoms with Gasteiger partial charge in [0, 0.05) is 17.8 Å². The molecule has 0 saturated carbocycles. The molecule has 3 rings (SSSR count). The van der Waals surface area contributed by atoms with Crippen molar-refractivity contribution in [1.29, 1.82) is 0 Å². The molecule has 0 saturated heterocycles. The fraction of sp³-hybridized carbons (Fsp3) is 0.385. The molecule has 2 aromatic carbocycles. The lowest BCUT2D eigenvalue weighted by molar-refractivity contribution is -0.113. The number of rotatable bonds is 10. The van der Waals surface area contributed by atoms with Crippen molar-refractivity contribution in [3.63, 3.8) is 0 Å². The molecule has 2 N–H and O–H groups in total. The number of amides is 2. The van der Waals surface area contributed by atoms with Crippen molar-refractivity contribution in [1.82, 2.24) is 20.1 Å². The van der Waals surface area contributed by atoms with E-state index < -0.39 is 0 Å². The highest BCUT2D eigenvalue weighted by Crippen LogP contribution is 2.26. The smallest absolute Gasteiger partial charge is 0.252 e. The first-order valence-electron chi connectivity index (χ1n) is 11.6. The van der Waals surface area contributed by atoms with Crippen LogP contribution in [0.15, 0.2) is 53.7 Å². The lowest BCUT2D eigenvalue weighted by Gasteiger charge is -2.23. The van der Waals surface area contributed by atoms with Gasteiger partial charge in [-0.25, -0.2) is 0 Å². The predicted molar refractivity (Wildman–Crippen MR) is 137 cm³/mol. The zero-order valence-corrected chi connectivity index (χ0v) is 21.3. The largest absolute Gasteiger partial charge is 0.342 e. The normalized spacial score (nSPS) is 11.9. The maximum absolute atomic E-state index is 13.0. The van der Waals surface area contributed by atoms with Gasteiger partial charge < -0.3 is 15.2 Å². The van der Waals surface area contributed by atoms with Crippen molar-refractivity contribution in [2.75, 3.05) is 11.1 Å². The second-order valence-electron chi connectivity index (χ2n) is 8.48. The number of aryl methyl sites for hydroxylation is 2. The first kappa shape index (κ1) is 25.5. The van der Waals surface area contributed by atoms with E-state index in [0.29, 0.717) is 23.1 Å². The molecule has 1 unspecified atom stereocenters. The number of nitrogens with zero attached hydrogens (tertiary/aromatic N) is 3. The summed E-state index contributed by atoms with van der Waals surface area (Å²) in [6, 6.07) is 15.1. The van der Waals surface area contributed by atoms with Gasteiger partial charge >= 0.3 is 0 Å². The number of nitrogens with one attached hydrogen (secondary N) is 2. The first-order valence-corrected chi connectivity index (χ1v) is 12.6. The molecular weight excluding hydrogens is 446 g/mol. The van der Waals surface area contributed by atoms with Crippen LogP contribution in [0.3, 0.4) is 0 Å². The molecule has 2 amide bonds. The standard InChI is InChI=1S/C26H33N5O2S/c1-6-19-12-14-20(15-13-19)27-22(32)16-34-26-30-29-24(31(26)7-2)23(17(3)4)28-25(33)21-11-9-8-10-18(21)5/h8-15,17,23H,6-7,16H2,1-5H3,(H,27,32)(H,28,33). The lowest BCUT2D eigenvalue weighted by atomic mass is 10.0. The van der Waals surface area contributed by atoms with E-state index in [1.54, 1.807) is 0 Å². The molecule has 8 heteroatoms. The van der Waals surface area contributed by atoms with Crippen LogP contribution >= 0.6 is 11.8 Å². The Balaban J connectivity index is 1.70. The van der Waals surface area contributed by atoms with Crippen molar-refractivity contribution in [2.45, 2.75) is 58.8 Å². The SMILES string of the molecule is CCc1ccc(NC(=O)CSc2nnc(C(NC(=O)c3ccccc3C)C(C)C)n2CC)cc1. The zero-order chi connectivity index (χ0) is 24.7. The minimum atomic E-state index is -0.306. The summed E-state index contributed by atoms with van der Waals surface area (Å²) in [4.78, 5) is 25.4. The van der Waals surface area contributed by atoms with Crippen molar-refractivity contribution >= 4 is 29.3 Å². The van der Waals surface area contributed by atoms with Gasteiger partial charge in [-0.15, -0.1) is 10.2 Å². The van der Waals surface area contributed by atoms with E-state index in [1.165, 1.54) is 17.3 Å². The summed E-state index contributed by atoms with van der Waals surface area (Å²) in [6.07, 6.45) is 0.960. The Hall–Kier alpha value is -3.13. The van der Waals surface area contributed by atoms with E-state index in [9.17, 15) is 9.59 Å². The fourth-order valence-corrected chi connectivity index (χ4v) is 4.47. The van der Waals surface area contributed by atoms with E-state index in [1.807, 2.05) is 80.8 Å². The number of thioether (sulfide) groups is 1. The summed E-state index contributed by atoms with van der Waals surface area (Å²) in [5.74, 6) is 0.780. The second-order valence-corrected chi connectivity index (χ2v) is 9.42. The van der Waals surface area contributed by atoms with Crippen LogP contribution in [-0.2, 0) is 17.8 Å². The van der Waals surface area contributed by atoms with Gasteiger partial charge in [-0.05, 0) is 55.5 Å². The van der Waals surface area contributed by atoms with Gasteiger partial charge in [0.1, 0.15) is 0 Å². The Bertz CT molecular complexity index is 1120. The molecule has 0 aliphatic rings. The van der Waals surface area contributed by atoms with Crippen LogP contribution < -0.4 is 10.6 Å². The van der Waals surface area contributed by atoms with Gasteiger partial charge in [-0.2, -0.15) is 0 Å². The van der Waals surface area contributed by atoms with Crippen LogP contribution in [0.4, 0.5) is 5.69 Å². The third-order valence-corrected chi connectivity index (χ3v) is 6.63. The Labute approximate surface area is 205 Å². The van der Waals surface area contributed by atoms with Gasteiger partial charge in [0.15, 0.2) is 11.0 Å². The van der Waals surface area contributed by atoms with Gasteiger partial charge in [-0.1, -0.05) is 62.9 Å². The summed E-state index contributed by atoms with van der Waals surface area (Å²) in [5, 5.41) is 15.5. The Morgan fingerprint density at radius 3 is 2.35 bits per heavy atom. The molecule has 0 aliphatic carbocycles. The summed E-state index contributed by atoms with van der Waals surface area (Å²) in [6.45, 7) is 10.7. The maximum Gasteiger partial charge on any atom is 0.252 e. The average molecular weight is 480 g/mol. The molecule has 3 aromatic rings. The molecule has 0 aliphatic heterocycles. The molecule has 1 aromatic heterocycles. The quantitative estimate of drug-likeness (QED) is 0.398. The number of hydrogen-bond acceptors (Lipinski definition) is 5. The van der Waals surface area contributed by atoms with Crippen LogP contribution in [0.5, 0.6) is 0 Å². The maximum atomic E-state index is 13.0. The molecule has 0 bridgehead atoms. The van der Waals surface area contributed by atoms with Crippen molar-refractivity contribution in [3.05, 3.63) is 71.0 Å². The summed E-state index contributed by atoms with van der Waals surface area (Å²) in [7, 11) is 0. The third-order valence-electron chi connectivity index (χ3n) is 5.66. The Morgan fingerprint density at radius 2 is 1.74 bits per heavy atom. The highest BCUT2D eigenvalue weighted by molar-refractivity contribution is 7.99. The number of aromatic nitrogens is 3. The van der Waals surface area contributed by atoms with Gasteiger partial charge in [0.25, 0.3) is 5.91 Å². The zero-order valence-electron chi connectivity index (χ0n) is 20.5. The number of carbonyl (C=O) groups excluding carboxylic acids is 2. The van der Waals surface area contributed by atoms with Crippen molar-refractivity contribution in [2.24, 2.45) is 5.92 Å². The van der Waals surface area contributed by atoms with Crippen molar-refractivity contribution < 1.29 is 9.59 Å². The van der Waals surface area contributed by atoms with Crippen LogP contribution in [0.25, 0.3) is 0 Å². The van der Waals surface area contributed by atoms with Crippen molar-refractivity contribution in [3.8, 4) is 0 Å². The van der Waals surface area contributed by atoms with E-state index in [0.717, 1.165) is 17.7 Å². The molecule has 7 nitrogen and oxygen atoms in total. The molecule has 180 valence electrons. The summed E-state index contributed by atoms with van der Waals surface area (Å²) in [5.41, 5.74) is 3.57. The van der Waals surface area contributed by atoms with Crippen LogP contribution in [0.1, 0.15) is 61.0 Å². The monoisotopic (exact) mass is 479 g/mol. The molecule has 34 heavy (non-hydrogen) atoms. The van der Waals surface area contributed by atoms with Gasteiger partial charge in [-0.3, -0.25) is 9.59 Å². The summed E-state index contributed by atoms with van der Waals surface area (Å²) < 4.78 is 1.97. The van der Waals surface area contributed by atoms with E-state index in [-0.39, 0.29) is 29.5 Å². The number of carbonyl (C=O) groups is 2. The van der Waals surface area contributed by atoms with Gasteiger partial charge in [0.2, 0.25) is 5.91 Å². The first-order chi connectivity index (χ1) is 16.3. The van der Waals surface area contributed by atoms with E-state index in [2.05, 4.69) is 27.8 Å². The molecule has 0 fully saturated rings. The van der Waals surface area contributed by atoms with Crippen LogP contribution in [0, 0.1) is 12.8 Å². The fourth-order valence-electron chi connectivity index (χ4n) is 3.66. The molecule has 0 spiro atoms. The lowest BCUT2D eigenvalue weighted by Crippen LogP contribution is -2.34. The predicted octanol–water partition coefficient (Wildman–Crippen LogP) is 5.03. The molecule has 1 heterocycles.